The predicted octanol–water partition coefficient (Wildman–Crippen LogP) is 3.21. The van der Waals surface area contributed by atoms with Crippen molar-refractivity contribution in [2.75, 3.05) is 6.54 Å². The standard InChI is InChI=1S/C19H25NO4S/c1-4-7-18(24-16(3)21)14-17-8-5-6-13-20(17)25(22,23)19-11-9-15(2)10-12-19/h4-6,9-12,17-18H,1,7-8,13-14H2,2-3H3/t17-,18-/m1/s1. The van der Waals surface area contributed by atoms with Crippen molar-refractivity contribution in [1.29, 1.82) is 0 Å². The largest absolute Gasteiger partial charge is 0.462 e. The minimum absolute atomic E-state index is 0.249. The van der Waals surface area contributed by atoms with Gasteiger partial charge in [0.2, 0.25) is 10.0 Å². The maximum absolute atomic E-state index is 13.0. The third kappa shape index (κ3) is 5.03. The third-order valence-electron chi connectivity index (χ3n) is 4.19. The molecule has 0 spiro atoms. The molecular weight excluding hydrogens is 338 g/mol. The normalized spacial score (nSPS) is 19.4. The van der Waals surface area contributed by atoms with Crippen LogP contribution < -0.4 is 0 Å². The van der Waals surface area contributed by atoms with Crippen molar-refractivity contribution >= 4 is 16.0 Å². The van der Waals surface area contributed by atoms with E-state index in [0.717, 1.165) is 5.56 Å². The lowest BCUT2D eigenvalue weighted by molar-refractivity contribution is -0.146. The van der Waals surface area contributed by atoms with Crippen molar-refractivity contribution in [3.63, 3.8) is 0 Å². The first-order valence-electron chi connectivity index (χ1n) is 8.36. The lowest BCUT2D eigenvalue weighted by Crippen LogP contribution is -2.44. The zero-order valence-electron chi connectivity index (χ0n) is 14.7. The van der Waals surface area contributed by atoms with Crippen LogP contribution in [-0.2, 0) is 19.6 Å². The molecule has 0 amide bonds. The van der Waals surface area contributed by atoms with E-state index >= 15 is 0 Å². The average Bonchev–Trinajstić information content (AvgIpc) is 2.55. The predicted molar refractivity (Wildman–Crippen MR) is 97.6 cm³/mol. The van der Waals surface area contributed by atoms with E-state index in [1.165, 1.54) is 11.2 Å². The number of ether oxygens (including phenoxy) is 1. The van der Waals surface area contributed by atoms with E-state index in [-0.39, 0.29) is 23.0 Å². The Morgan fingerprint density at radius 3 is 2.64 bits per heavy atom. The number of rotatable bonds is 7. The maximum Gasteiger partial charge on any atom is 0.302 e. The Labute approximate surface area is 150 Å². The number of carbonyl (C=O) groups excluding carboxylic acids is 1. The molecule has 0 saturated heterocycles. The molecule has 0 radical (unpaired) electrons. The number of esters is 1. The number of sulfonamides is 1. The fourth-order valence-corrected chi connectivity index (χ4v) is 4.57. The Hall–Kier alpha value is -1.92. The van der Waals surface area contributed by atoms with Crippen LogP contribution in [0, 0.1) is 6.92 Å². The molecule has 0 N–H and O–H groups in total. The number of hydrogen-bond acceptors (Lipinski definition) is 4. The molecule has 2 atom stereocenters. The van der Waals surface area contributed by atoms with Crippen LogP contribution in [0.2, 0.25) is 0 Å². The smallest absolute Gasteiger partial charge is 0.302 e. The summed E-state index contributed by atoms with van der Waals surface area (Å²) in [6, 6.07) is 6.60. The molecule has 1 aliphatic rings. The molecule has 1 heterocycles. The van der Waals surface area contributed by atoms with Crippen LogP contribution in [0.4, 0.5) is 0 Å². The van der Waals surface area contributed by atoms with Gasteiger partial charge in [0.25, 0.3) is 0 Å². The second-order valence-corrected chi connectivity index (χ2v) is 8.13. The maximum atomic E-state index is 13.0. The molecule has 6 heteroatoms. The van der Waals surface area contributed by atoms with Gasteiger partial charge < -0.3 is 4.74 Å². The van der Waals surface area contributed by atoms with Crippen molar-refractivity contribution in [3.8, 4) is 0 Å². The van der Waals surface area contributed by atoms with E-state index in [1.54, 1.807) is 30.3 Å². The molecule has 0 aliphatic carbocycles. The van der Waals surface area contributed by atoms with Crippen molar-refractivity contribution in [2.45, 2.75) is 50.2 Å². The van der Waals surface area contributed by atoms with Crippen molar-refractivity contribution in [2.24, 2.45) is 0 Å². The minimum atomic E-state index is -3.60. The first-order valence-corrected chi connectivity index (χ1v) is 9.80. The van der Waals surface area contributed by atoms with Gasteiger partial charge >= 0.3 is 5.97 Å². The van der Waals surface area contributed by atoms with Crippen molar-refractivity contribution in [3.05, 3.63) is 54.6 Å². The summed E-state index contributed by atoms with van der Waals surface area (Å²) < 4.78 is 32.9. The van der Waals surface area contributed by atoms with E-state index in [0.29, 0.717) is 25.8 Å². The molecule has 0 bridgehead atoms. The van der Waals surface area contributed by atoms with Crippen LogP contribution >= 0.6 is 0 Å². The molecule has 1 aromatic carbocycles. The van der Waals surface area contributed by atoms with Crippen LogP contribution in [0.25, 0.3) is 0 Å². The third-order valence-corrected chi connectivity index (χ3v) is 6.12. The van der Waals surface area contributed by atoms with E-state index in [2.05, 4.69) is 6.58 Å². The number of aryl methyl sites for hydroxylation is 1. The molecule has 1 aliphatic heterocycles. The van der Waals surface area contributed by atoms with Gasteiger partial charge in [0, 0.05) is 32.4 Å². The topological polar surface area (TPSA) is 63.7 Å². The first kappa shape index (κ1) is 19.4. The number of hydrogen-bond donors (Lipinski definition) is 0. The van der Waals surface area contributed by atoms with Crippen LogP contribution in [0.3, 0.4) is 0 Å². The minimum Gasteiger partial charge on any atom is -0.462 e. The van der Waals surface area contributed by atoms with Crippen LogP contribution in [0.5, 0.6) is 0 Å². The zero-order valence-corrected chi connectivity index (χ0v) is 15.5. The van der Waals surface area contributed by atoms with Crippen LogP contribution in [0.15, 0.2) is 54.0 Å². The fraction of sp³-hybridized carbons (Fsp3) is 0.421. The molecule has 0 unspecified atom stereocenters. The molecule has 25 heavy (non-hydrogen) atoms. The average molecular weight is 363 g/mol. The first-order chi connectivity index (χ1) is 11.8. The van der Waals surface area contributed by atoms with Crippen LogP contribution in [-0.4, -0.2) is 37.4 Å². The lowest BCUT2D eigenvalue weighted by atomic mass is 10.0. The van der Waals surface area contributed by atoms with Crippen molar-refractivity contribution < 1.29 is 17.9 Å². The summed E-state index contributed by atoms with van der Waals surface area (Å²) in [5.74, 6) is -0.369. The zero-order chi connectivity index (χ0) is 18.4. The molecule has 0 fully saturated rings. The van der Waals surface area contributed by atoms with E-state index < -0.39 is 10.0 Å². The van der Waals surface area contributed by atoms with Gasteiger partial charge in [0.1, 0.15) is 6.10 Å². The highest BCUT2D eigenvalue weighted by molar-refractivity contribution is 7.89. The Kier molecular flexibility index (Phi) is 6.56. The molecule has 136 valence electrons. The highest BCUT2D eigenvalue weighted by atomic mass is 32.2. The second-order valence-electron chi connectivity index (χ2n) is 6.24. The second kappa shape index (κ2) is 8.45. The molecule has 5 nitrogen and oxygen atoms in total. The van der Waals surface area contributed by atoms with E-state index in [9.17, 15) is 13.2 Å². The van der Waals surface area contributed by atoms with Gasteiger partial charge in [0.15, 0.2) is 0 Å². The van der Waals surface area contributed by atoms with Gasteiger partial charge in [-0.25, -0.2) is 8.42 Å². The SMILES string of the molecule is C=CC[C@H](C[C@H]1CC=CCN1S(=O)(=O)c1ccc(C)cc1)OC(C)=O. The number of nitrogens with zero attached hydrogens (tertiary/aromatic N) is 1. The summed E-state index contributed by atoms with van der Waals surface area (Å²) in [7, 11) is -3.60. The van der Waals surface area contributed by atoms with Gasteiger partial charge in [-0.2, -0.15) is 4.31 Å². The Bertz CT molecular complexity index is 737. The summed E-state index contributed by atoms with van der Waals surface area (Å²) in [6.07, 6.45) is 6.69. The number of carbonyl (C=O) groups is 1. The fourth-order valence-electron chi connectivity index (χ4n) is 2.97. The Morgan fingerprint density at radius 1 is 1.36 bits per heavy atom. The van der Waals surface area contributed by atoms with Gasteiger partial charge in [-0.1, -0.05) is 35.9 Å². The highest BCUT2D eigenvalue weighted by Gasteiger charge is 2.33. The van der Waals surface area contributed by atoms with E-state index in [1.807, 2.05) is 19.1 Å². The Morgan fingerprint density at radius 2 is 2.04 bits per heavy atom. The molecule has 2 rings (SSSR count). The van der Waals surface area contributed by atoms with E-state index in [4.69, 9.17) is 4.74 Å². The highest BCUT2D eigenvalue weighted by Crippen LogP contribution is 2.26. The quantitative estimate of drug-likeness (QED) is 0.551. The van der Waals surface area contributed by atoms with Gasteiger partial charge in [-0.05, 0) is 25.5 Å². The summed E-state index contributed by atoms with van der Waals surface area (Å²) in [4.78, 5) is 11.6. The molecular formula is C19H25NO4S. The molecule has 0 saturated carbocycles. The number of benzene rings is 1. The van der Waals surface area contributed by atoms with Gasteiger partial charge in [-0.15, -0.1) is 6.58 Å². The summed E-state index contributed by atoms with van der Waals surface area (Å²) >= 11 is 0. The summed E-state index contributed by atoms with van der Waals surface area (Å²) in [5, 5.41) is 0. The summed E-state index contributed by atoms with van der Waals surface area (Å²) in [6.45, 7) is 7.29. The Balaban J connectivity index is 2.24. The lowest BCUT2D eigenvalue weighted by Gasteiger charge is -2.34. The van der Waals surface area contributed by atoms with Crippen molar-refractivity contribution in [1.82, 2.24) is 4.31 Å². The van der Waals surface area contributed by atoms with Gasteiger partial charge in [-0.3, -0.25) is 4.79 Å². The van der Waals surface area contributed by atoms with Gasteiger partial charge in [0.05, 0.1) is 4.90 Å². The molecule has 1 aromatic rings. The monoisotopic (exact) mass is 363 g/mol. The molecule has 0 aromatic heterocycles. The van der Waals surface area contributed by atoms with Crippen LogP contribution in [0.1, 0.15) is 31.7 Å². The summed E-state index contributed by atoms with van der Waals surface area (Å²) in [5.41, 5.74) is 1.01.